The summed E-state index contributed by atoms with van der Waals surface area (Å²) >= 11 is 6.82. The molecule has 3 nitrogen and oxygen atoms in total. The maximum Gasteiger partial charge on any atom is 0.403 e. The Balaban J connectivity index is 2.12. The van der Waals surface area contributed by atoms with Gasteiger partial charge in [0.2, 0.25) is 0 Å². The van der Waals surface area contributed by atoms with Gasteiger partial charge < -0.3 is 0 Å². The highest BCUT2D eigenvalue weighted by Gasteiger charge is 2.29. The minimum atomic E-state index is 0.517. The summed E-state index contributed by atoms with van der Waals surface area (Å²) in [6, 6.07) is 2.20. The van der Waals surface area contributed by atoms with Gasteiger partial charge in [-0.3, -0.25) is 5.73 Å². The Kier molecular flexibility index (Phi) is 4.89. The summed E-state index contributed by atoms with van der Waals surface area (Å²) in [5.74, 6) is 2.30. The summed E-state index contributed by atoms with van der Waals surface area (Å²) in [7, 11) is 0. The third-order valence-electron chi connectivity index (χ3n) is 2.36. The smallest absolute Gasteiger partial charge is 0.267 e. The maximum atomic E-state index is 8.46. The van der Waals surface area contributed by atoms with E-state index < -0.39 is 0 Å². The molecule has 1 saturated carbocycles. The number of nitriles is 1. The molecule has 0 spiro atoms. The van der Waals surface area contributed by atoms with Crippen molar-refractivity contribution in [1.29, 1.82) is 5.26 Å². The summed E-state index contributed by atoms with van der Waals surface area (Å²) in [5, 5.41) is 8.98. The van der Waals surface area contributed by atoms with Crippen molar-refractivity contribution in [3.05, 3.63) is 0 Å². The van der Waals surface area contributed by atoms with Crippen molar-refractivity contribution < 1.29 is 0 Å². The van der Waals surface area contributed by atoms with Crippen LogP contribution in [-0.4, -0.2) is 16.6 Å². The summed E-state index contributed by atoms with van der Waals surface area (Å²) in [4.78, 5) is 0. The molecular formula is C9H13ClN3S+. The minimum Gasteiger partial charge on any atom is -0.267 e. The largest absolute Gasteiger partial charge is 0.403 e. The predicted octanol–water partition coefficient (Wildman–Crippen LogP) is 1.31. The molecule has 1 aliphatic carbocycles. The quantitative estimate of drug-likeness (QED) is 0.452. The fourth-order valence-corrected chi connectivity index (χ4v) is 2.56. The van der Waals surface area contributed by atoms with Crippen LogP contribution in [-0.2, 0) is 0 Å². The van der Waals surface area contributed by atoms with E-state index in [0.717, 1.165) is 18.6 Å². The Morgan fingerprint density at radius 2 is 2.36 bits per heavy atom. The topological polar surface area (TPSA) is 63.9 Å². The van der Waals surface area contributed by atoms with Gasteiger partial charge >= 0.3 is 5.17 Å². The van der Waals surface area contributed by atoms with E-state index in [2.05, 4.69) is 10.7 Å². The van der Waals surface area contributed by atoms with Crippen LogP contribution in [0.15, 0.2) is 0 Å². The third-order valence-corrected chi connectivity index (χ3v) is 3.49. The molecule has 1 rings (SSSR count). The van der Waals surface area contributed by atoms with Crippen LogP contribution in [0.4, 0.5) is 0 Å². The van der Waals surface area contributed by atoms with Crippen LogP contribution in [0.3, 0.4) is 0 Å². The molecule has 2 N–H and O–H groups in total. The fraction of sp³-hybridized carbons (Fsp3) is 0.667. The van der Waals surface area contributed by atoms with Gasteiger partial charge in [0, 0.05) is 12.2 Å². The second-order valence-corrected chi connectivity index (χ2v) is 4.68. The molecule has 1 fully saturated rings. The van der Waals surface area contributed by atoms with Crippen LogP contribution in [0.1, 0.15) is 19.3 Å². The van der Waals surface area contributed by atoms with Crippen LogP contribution in [0.5, 0.6) is 0 Å². The molecule has 0 radical (unpaired) electrons. The molecule has 1 aliphatic rings. The lowest BCUT2D eigenvalue weighted by Crippen LogP contribution is -2.26. The number of rotatable bonds is 3. The van der Waals surface area contributed by atoms with Crippen LogP contribution in [0, 0.1) is 23.2 Å². The van der Waals surface area contributed by atoms with Crippen LogP contribution in [0.2, 0.25) is 0 Å². The van der Waals surface area contributed by atoms with E-state index in [0.29, 0.717) is 23.4 Å². The Bertz CT molecular complexity index is 285. The fourth-order valence-electron chi connectivity index (χ4n) is 1.59. The monoisotopic (exact) mass is 230 g/mol. The average molecular weight is 231 g/mol. The lowest BCUT2D eigenvalue weighted by Gasteiger charge is -2.32. The van der Waals surface area contributed by atoms with Gasteiger partial charge in [-0.1, -0.05) is 0 Å². The van der Waals surface area contributed by atoms with Crippen molar-refractivity contribution in [3.63, 3.8) is 0 Å². The van der Waals surface area contributed by atoms with E-state index in [1.54, 1.807) is 0 Å². The zero-order valence-corrected chi connectivity index (χ0v) is 9.39. The molecule has 0 unspecified atom stereocenters. The number of nitrogens with two attached hydrogens (primary N) is 1. The highest BCUT2D eigenvalue weighted by atomic mass is 35.5. The Labute approximate surface area is 93.1 Å². The molecule has 0 bridgehead atoms. The number of halogens is 1. The molecule has 76 valence electrons. The molecule has 0 aromatic carbocycles. The van der Waals surface area contributed by atoms with Gasteiger partial charge in [0.15, 0.2) is 0 Å². The molecule has 0 saturated heterocycles. The van der Waals surface area contributed by atoms with Gasteiger partial charge in [-0.25, -0.2) is 0 Å². The summed E-state index contributed by atoms with van der Waals surface area (Å²) in [5.41, 5.74) is 6.73. The normalized spacial score (nSPS) is 24.3. The number of nitrogens with zero attached hydrogens (tertiary/aromatic N) is 2. The van der Waals surface area contributed by atoms with Crippen LogP contribution >= 0.6 is 23.4 Å². The first-order valence-electron chi connectivity index (χ1n) is 4.51. The first-order valence-corrected chi connectivity index (χ1v) is 5.93. The van der Waals surface area contributed by atoms with E-state index in [1.807, 2.05) is 0 Å². The van der Waals surface area contributed by atoms with Crippen molar-refractivity contribution in [2.75, 3.05) is 5.75 Å². The summed E-state index contributed by atoms with van der Waals surface area (Å²) in [6.07, 6.45) is 3.00. The van der Waals surface area contributed by atoms with Crippen molar-refractivity contribution in [2.45, 2.75) is 19.3 Å². The van der Waals surface area contributed by atoms with E-state index in [1.165, 1.54) is 17.4 Å². The van der Waals surface area contributed by atoms with Crippen molar-refractivity contribution >= 4 is 34.2 Å². The number of thioether (sulfide) groups is 1. The highest BCUT2D eigenvalue weighted by molar-refractivity contribution is 8.13. The van der Waals surface area contributed by atoms with Gasteiger partial charge in [-0.2, -0.15) is 9.93 Å². The van der Waals surface area contributed by atoms with Gasteiger partial charge in [0.1, 0.15) is 0 Å². The molecule has 0 amide bonds. The molecular weight excluding hydrogens is 218 g/mol. The molecule has 0 atom stereocenters. The van der Waals surface area contributed by atoms with E-state index in [9.17, 15) is 0 Å². The summed E-state index contributed by atoms with van der Waals surface area (Å²) in [6.45, 7) is 0. The molecule has 0 aromatic heterocycles. The second kappa shape index (κ2) is 5.98. The van der Waals surface area contributed by atoms with Gasteiger partial charge in [0.05, 0.1) is 6.07 Å². The standard InChI is InChI=1S/C9H12ClN3S/c10-6-13-9(12)14-5-8-3-7(4-8)1-2-11/h6-8,12H,1,3-5H2/p+1. The van der Waals surface area contributed by atoms with Crippen LogP contribution in [0.25, 0.3) is 0 Å². The first kappa shape index (κ1) is 11.5. The Hall–Kier alpha value is -0.620. The molecule has 0 heterocycles. The Morgan fingerprint density at radius 1 is 1.64 bits per heavy atom. The van der Waals surface area contributed by atoms with Gasteiger partial charge in [0.25, 0.3) is 5.67 Å². The number of hydrogen-bond acceptors (Lipinski definition) is 2. The lowest BCUT2D eigenvalue weighted by molar-refractivity contribution is 0.221. The van der Waals surface area contributed by atoms with Gasteiger partial charge in [-0.15, -0.1) is 0 Å². The number of amidine groups is 1. The maximum absolute atomic E-state index is 8.46. The van der Waals surface area contributed by atoms with Crippen molar-refractivity contribution in [1.82, 2.24) is 4.67 Å². The SMILES string of the molecule is N#CCC1CC(CSC(N)=[N+]=CCl)C1. The number of hydrogen-bond donors (Lipinski definition) is 1. The van der Waals surface area contributed by atoms with Gasteiger partial charge in [-0.05, 0) is 48.0 Å². The zero-order chi connectivity index (χ0) is 10.4. The van der Waals surface area contributed by atoms with E-state index in [-0.39, 0.29) is 0 Å². The van der Waals surface area contributed by atoms with Crippen LogP contribution < -0.4 is 10.4 Å². The first-order chi connectivity index (χ1) is 6.76. The second-order valence-electron chi connectivity index (χ2n) is 3.44. The predicted molar refractivity (Wildman–Crippen MR) is 62.1 cm³/mol. The van der Waals surface area contributed by atoms with Crippen molar-refractivity contribution in [2.24, 2.45) is 17.6 Å². The average Bonchev–Trinajstić information content (AvgIpc) is 2.09. The molecule has 0 aliphatic heterocycles. The molecule has 0 aromatic rings. The third kappa shape index (κ3) is 3.63. The van der Waals surface area contributed by atoms with E-state index >= 15 is 0 Å². The summed E-state index contributed by atoms with van der Waals surface area (Å²) < 4.78 is 3.76. The lowest BCUT2D eigenvalue weighted by atomic mass is 9.75. The molecule has 14 heavy (non-hydrogen) atoms. The molecule has 5 heteroatoms. The van der Waals surface area contributed by atoms with Crippen molar-refractivity contribution in [3.8, 4) is 6.07 Å². The highest BCUT2D eigenvalue weighted by Crippen LogP contribution is 2.37. The zero-order valence-electron chi connectivity index (χ0n) is 7.82. The van der Waals surface area contributed by atoms with E-state index in [4.69, 9.17) is 22.6 Å². The Morgan fingerprint density at radius 3 is 2.93 bits per heavy atom. The minimum absolute atomic E-state index is 0.517.